The van der Waals surface area contributed by atoms with Crippen molar-refractivity contribution in [1.29, 1.82) is 0 Å². The predicted molar refractivity (Wildman–Crippen MR) is 79.5 cm³/mol. The van der Waals surface area contributed by atoms with Crippen LogP contribution in [0.3, 0.4) is 0 Å². The van der Waals surface area contributed by atoms with Crippen LogP contribution >= 0.6 is 0 Å². The fourth-order valence-corrected chi connectivity index (χ4v) is 2.73. The Bertz CT molecular complexity index is 534. The molecule has 1 heterocycles. The summed E-state index contributed by atoms with van der Waals surface area (Å²) in [6.45, 7) is 0. The van der Waals surface area contributed by atoms with E-state index in [2.05, 4.69) is 6.08 Å². The van der Waals surface area contributed by atoms with Crippen molar-refractivity contribution < 1.29 is 18.6 Å². The highest BCUT2D eigenvalue weighted by atomic mass is 16.5. The average molecular weight is 294 g/mol. The third-order valence-corrected chi connectivity index (χ3v) is 3.91. The molecular formula is C16H22O5. The van der Waals surface area contributed by atoms with E-state index < -0.39 is 5.63 Å². The van der Waals surface area contributed by atoms with E-state index in [1.54, 1.807) is 20.3 Å². The lowest BCUT2D eigenvalue weighted by Gasteiger charge is -2.33. The Hall–Kier alpha value is -1.59. The van der Waals surface area contributed by atoms with Crippen LogP contribution in [0.4, 0.5) is 0 Å². The van der Waals surface area contributed by atoms with Gasteiger partial charge in [0.1, 0.15) is 11.5 Å². The Morgan fingerprint density at radius 2 is 1.90 bits per heavy atom. The summed E-state index contributed by atoms with van der Waals surface area (Å²) in [5, 5.41) is 0. The van der Waals surface area contributed by atoms with Gasteiger partial charge in [-0.2, -0.15) is 0 Å². The first kappa shape index (κ1) is 15.8. The summed E-state index contributed by atoms with van der Waals surface area (Å²) in [6, 6.07) is 3.02. The van der Waals surface area contributed by atoms with E-state index in [9.17, 15) is 4.79 Å². The number of hydrogen-bond acceptors (Lipinski definition) is 5. The lowest BCUT2D eigenvalue weighted by molar-refractivity contribution is -0.0654. The maximum atomic E-state index is 11.4. The number of hydrogen-bond donors (Lipinski definition) is 0. The lowest BCUT2D eigenvalue weighted by atomic mass is 9.85. The van der Waals surface area contributed by atoms with Crippen LogP contribution in [0.5, 0.6) is 5.75 Å². The highest BCUT2D eigenvalue weighted by molar-refractivity contribution is 5.45. The SMILES string of the molecule is COc1cc(/C=C/C2CCC(OC)C(OC)C2)oc(=O)c1. The van der Waals surface area contributed by atoms with E-state index in [1.807, 2.05) is 6.08 Å². The van der Waals surface area contributed by atoms with Gasteiger partial charge in [0.15, 0.2) is 0 Å². The monoisotopic (exact) mass is 294 g/mol. The van der Waals surface area contributed by atoms with Crippen molar-refractivity contribution in [2.24, 2.45) is 5.92 Å². The molecule has 0 spiro atoms. The third kappa shape index (κ3) is 4.19. The molecule has 5 nitrogen and oxygen atoms in total. The van der Waals surface area contributed by atoms with Gasteiger partial charge in [0.25, 0.3) is 0 Å². The number of allylic oxidation sites excluding steroid dienone is 1. The molecule has 0 N–H and O–H groups in total. The maximum absolute atomic E-state index is 11.4. The number of ether oxygens (including phenoxy) is 3. The highest BCUT2D eigenvalue weighted by Gasteiger charge is 2.29. The molecule has 1 saturated carbocycles. The topological polar surface area (TPSA) is 57.9 Å². The van der Waals surface area contributed by atoms with Crippen LogP contribution in [0.25, 0.3) is 6.08 Å². The van der Waals surface area contributed by atoms with Crippen LogP contribution in [0.1, 0.15) is 25.0 Å². The summed E-state index contributed by atoms with van der Waals surface area (Å²) in [5.74, 6) is 1.39. The van der Waals surface area contributed by atoms with Gasteiger partial charge >= 0.3 is 5.63 Å². The second-order valence-corrected chi connectivity index (χ2v) is 5.20. The van der Waals surface area contributed by atoms with E-state index >= 15 is 0 Å². The summed E-state index contributed by atoms with van der Waals surface area (Å²) in [5.41, 5.74) is -0.410. The molecule has 1 aromatic heterocycles. The first-order valence-corrected chi connectivity index (χ1v) is 7.09. The minimum atomic E-state index is -0.410. The maximum Gasteiger partial charge on any atom is 0.339 e. The Balaban J connectivity index is 2.04. The van der Waals surface area contributed by atoms with Crippen molar-refractivity contribution in [3.8, 4) is 5.75 Å². The zero-order chi connectivity index (χ0) is 15.2. The van der Waals surface area contributed by atoms with Gasteiger partial charge in [0.2, 0.25) is 0 Å². The zero-order valence-corrected chi connectivity index (χ0v) is 12.7. The van der Waals surface area contributed by atoms with Crippen LogP contribution in [0.15, 0.2) is 27.4 Å². The largest absolute Gasteiger partial charge is 0.496 e. The molecule has 3 atom stereocenters. The molecule has 0 saturated heterocycles. The predicted octanol–water partition coefficient (Wildman–Crippen LogP) is 2.49. The molecule has 1 aliphatic carbocycles. The molecule has 1 fully saturated rings. The summed E-state index contributed by atoms with van der Waals surface area (Å²) in [6.07, 6.45) is 7.06. The van der Waals surface area contributed by atoms with Gasteiger partial charge in [0, 0.05) is 20.3 Å². The smallest absolute Gasteiger partial charge is 0.339 e. The third-order valence-electron chi connectivity index (χ3n) is 3.91. The summed E-state index contributed by atoms with van der Waals surface area (Å²) in [4.78, 5) is 11.4. The van der Waals surface area contributed by atoms with Gasteiger partial charge in [-0.3, -0.25) is 0 Å². The number of methoxy groups -OCH3 is 3. The first-order chi connectivity index (χ1) is 10.2. The fourth-order valence-electron chi connectivity index (χ4n) is 2.73. The quantitative estimate of drug-likeness (QED) is 0.835. The van der Waals surface area contributed by atoms with Crippen molar-refractivity contribution in [3.63, 3.8) is 0 Å². The average Bonchev–Trinajstić information content (AvgIpc) is 2.52. The van der Waals surface area contributed by atoms with Crippen LogP contribution in [-0.4, -0.2) is 33.5 Å². The van der Waals surface area contributed by atoms with Crippen LogP contribution in [-0.2, 0) is 9.47 Å². The summed E-state index contributed by atoms with van der Waals surface area (Å²) in [7, 11) is 4.96. The van der Waals surface area contributed by atoms with Crippen LogP contribution < -0.4 is 10.4 Å². The standard InChI is InChI=1S/C16H22O5/c1-18-13-9-12(21-16(17)10-13)6-4-11-5-7-14(19-2)15(8-11)20-3/h4,6,9-11,14-15H,5,7-8H2,1-3H3/b6-4+. The molecule has 3 unspecified atom stereocenters. The fraction of sp³-hybridized carbons (Fsp3) is 0.562. The lowest BCUT2D eigenvalue weighted by Crippen LogP contribution is -2.36. The number of rotatable bonds is 5. The van der Waals surface area contributed by atoms with E-state index in [-0.39, 0.29) is 12.2 Å². The second kappa shape index (κ2) is 7.43. The first-order valence-electron chi connectivity index (χ1n) is 7.09. The van der Waals surface area contributed by atoms with E-state index in [4.69, 9.17) is 18.6 Å². The molecule has 116 valence electrons. The van der Waals surface area contributed by atoms with E-state index in [0.717, 1.165) is 19.3 Å². The Kier molecular flexibility index (Phi) is 5.59. The Labute approximate surface area is 124 Å². The Morgan fingerprint density at radius 1 is 1.14 bits per heavy atom. The Morgan fingerprint density at radius 3 is 2.57 bits per heavy atom. The minimum Gasteiger partial charge on any atom is -0.496 e. The molecule has 0 amide bonds. The molecule has 5 heteroatoms. The van der Waals surface area contributed by atoms with Gasteiger partial charge in [0.05, 0.1) is 25.4 Å². The molecule has 0 bridgehead atoms. The van der Waals surface area contributed by atoms with Crippen molar-refractivity contribution in [3.05, 3.63) is 34.4 Å². The minimum absolute atomic E-state index is 0.107. The van der Waals surface area contributed by atoms with Crippen molar-refractivity contribution in [2.45, 2.75) is 31.5 Å². The molecule has 1 aliphatic rings. The van der Waals surface area contributed by atoms with Gasteiger partial charge in [-0.05, 0) is 31.3 Å². The molecule has 2 rings (SSSR count). The second-order valence-electron chi connectivity index (χ2n) is 5.20. The van der Waals surface area contributed by atoms with E-state index in [0.29, 0.717) is 17.4 Å². The normalized spacial score (nSPS) is 26.1. The summed E-state index contributed by atoms with van der Waals surface area (Å²) < 4.78 is 21.1. The molecule has 21 heavy (non-hydrogen) atoms. The van der Waals surface area contributed by atoms with Crippen molar-refractivity contribution in [2.75, 3.05) is 21.3 Å². The van der Waals surface area contributed by atoms with Crippen molar-refractivity contribution in [1.82, 2.24) is 0 Å². The van der Waals surface area contributed by atoms with Gasteiger partial charge in [-0.15, -0.1) is 0 Å². The molecular weight excluding hydrogens is 272 g/mol. The molecule has 0 aliphatic heterocycles. The summed E-state index contributed by atoms with van der Waals surface area (Å²) >= 11 is 0. The van der Waals surface area contributed by atoms with Gasteiger partial charge in [-0.25, -0.2) is 4.79 Å². The zero-order valence-electron chi connectivity index (χ0n) is 12.7. The van der Waals surface area contributed by atoms with Crippen LogP contribution in [0.2, 0.25) is 0 Å². The van der Waals surface area contributed by atoms with E-state index in [1.165, 1.54) is 13.2 Å². The van der Waals surface area contributed by atoms with Gasteiger partial charge < -0.3 is 18.6 Å². The molecule has 1 aromatic rings. The molecule has 0 radical (unpaired) electrons. The molecule has 0 aromatic carbocycles. The van der Waals surface area contributed by atoms with Gasteiger partial charge in [-0.1, -0.05) is 6.08 Å². The van der Waals surface area contributed by atoms with Crippen molar-refractivity contribution >= 4 is 6.08 Å². The highest BCUT2D eigenvalue weighted by Crippen LogP contribution is 2.29. The van der Waals surface area contributed by atoms with Crippen LogP contribution in [0, 0.1) is 5.92 Å².